The van der Waals surface area contributed by atoms with E-state index in [0.29, 0.717) is 17.6 Å². The highest BCUT2D eigenvalue weighted by molar-refractivity contribution is 5.75. The number of pyridine rings is 1. The third-order valence-corrected chi connectivity index (χ3v) is 4.27. The molecule has 20 heavy (non-hydrogen) atoms. The Morgan fingerprint density at radius 3 is 3.05 bits per heavy atom. The molecule has 4 nitrogen and oxygen atoms in total. The zero-order valence-electron chi connectivity index (χ0n) is 12.1. The van der Waals surface area contributed by atoms with E-state index in [1.54, 1.807) is 0 Å². The number of rotatable bonds is 4. The molecule has 1 fully saturated rings. The number of fused-ring (bicyclic) bond motifs is 1. The molecule has 1 aliphatic rings. The van der Waals surface area contributed by atoms with E-state index in [2.05, 4.69) is 28.1 Å². The van der Waals surface area contributed by atoms with Crippen LogP contribution in [0.1, 0.15) is 42.9 Å². The third kappa shape index (κ3) is 2.36. The van der Waals surface area contributed by atoms with Crippen LogP contribution >= 0.6 is 0 Å². The van der Waals surface area contributed by atoms with Gasteiger partial charge in [0.05, 0.1) is 11.7 Å². The Bertz CT molecular complexity index is 617. The van der Waals surface area contributed by atoms with Crippen LogP contribution in [0.5, 0.6) is 0 Å². The molecule has 1 unspecified atom stereocenters. The highest BCUT2D eigenvalue weighted by Gasteiger charge is 2.27. The standard InChI is InChI=1S/C16H21N3O/c1-12(2)18-7-3-4-14(18)8-16-17-9-15-6-5-13(11-20)10-19(15)16/h5-6,9-12,14H,3-4,7-8H2,1-2H3. The highest BCUT2D eigenvalue weighted by atomic mass is 16.1. The zero-order chi connectivity index (χ0) is 14.1. The van der Waals surface area contributed by atoms with Gasteiger partial charge < -0.3 is 4.40 Å². The number of imidazole rings is 1. The second kappa shape index (κ2) is 5.37. The van der Waals surface area contributed by atoms with E-state index >= 15 is 0 Å². The summed E-state index contributed by atoms with van der Waals surface area (Å²) in [7, 11) is 0. The van der Waals surface area contributed by atoms with Crippen LogP contribution < -0.4 is 0 Å². The Morgan fingerprint density at radius 1 is 1.45 bits per heavy atom. The van der Waals surface area contributed by atoms with Crippen molar-refractivity contribution in [1.29, 1.82) is 0 Å². The first-order chi connectivity index (χ1) is 9.69. The summed E-state index contributed by atoms with van der Waals surface area (Å²) in [6.45, 7) is 5.70. The second-order valence-electron chi connectivity index (χ2n) is 5.88. The average Bonchev–Trinajstić information content (AvgIpc) is 3.06. The van der Waals surface area contributed by atoms with E-state index in [9.17, 15) is 4.79 Å². The van der Waals surface area contributed by atoms with Gasteiger partial charge in [0.1, 0.15) is 5.82 Å². The summed E-state index contributed by atoms with van der Waals surface area (Å²) in [6, 6.07) is 4.94. The summed E-state index contributed by atoms with van der Waals surface area (Å²) < 4.78 is 2.06. The van der Waals surface area contributed by atoms with E-state index in [4.69, 9.17) is 0 Å². The van der Waals surface area contributed by atoms with Gasteiger partial charge in [-0.05, 0) is 45.4 Å². The lowest BCUT2D eigenvalue weighted by Gasteiger charge is -2.27. The normalized spacial score (nSPS) is 20.1. The van der Waals surface area contributed by atoms with Crippen molar-refractivity contribution >= 4 is 11.8 Å². The van der Waals surface area contributed by atoms with Gasteiger partial charge in [0, 0.05) is 30.3 Å². The van der Waals surface area contributed by atoms with Crippen molar-refractivity contribution < 1.29 is 4.79 Å². The summed E-state index contributed by atoms with van der Waals surface area (Å²) in [5.74, 6) is 1.06. The number of likely N-dealkylation sites (tertiary alicyclic amines) is 1. The number of carbonyl (C=O) groups is 1. The molecule has 0 N–H and O–H groups in total. The lowest BCUT2D eigenvalue weighted by molar-refractivity contribution is 0.112. The first-order valence-corrected chi connectivity index (χ1v) is 7.36. The molecule has 1 aliphatic heterocycles. The fourth-order valence-corrected chi connectivity index (χ4v) is 3.25. The van der Waals surface area contributed by atoms with Crippen LogP contribution in [0, 0.1) is 0 Å². The lowest BCUT2D eigenvalue weighted by Crippen LogP contribution is -2.37. The number of nitrogens with zero attached hydrogens (tertiary/aromatic N) is 3. The SMILES string of the molecule is CC(C)N1CCCC1Cc1ncc2ccc(C=O)cn12. The predicted octanol–water partition coefficient (Wildman–Crippen LogP) is 2.56. The lowest BCUT2D eigenvalue weighted by atomic mass is 10.1. The molecule has 0 radical (unpaired) electrons. The van der Waals surface area contributed by atoms with Gasteiger partial charge in [0.25, 0.3) is 0 Å². The summed E-state index contributed by atoms with van der Waals surface area (Å²) in [5.41, 5.74) is 1.75. The molecule has 0 spiro atoms. The molecule has 3 rings (SSSR count). The van der Waals surface area contributed by atoms with Crippen molar-refractivity contribution in [1.82, 2.24) is 14.3 Å². The van der Waals surface area contributed by atoms with Crippen LogP contribution in [-0.4, -0.2) is 39.2 Å². The fraction of sp³-hybridized carbons (Fsp3) is 0.500. The summed E-state index contributed by atoms with van der Waals surface area (Å²) in [5, 5.41) is 0. The summed E-state index contributed by atoms with van der Waals surface area (Å²) >= 11 is 0. The molecule has 1 saturated heterocycles. The van der Waals surface area contributed by atoms with E-state index < -0.39 is 0 Å². The van der Waals surface area contributed by atoms with E-state index in [1.807, 2.05) is 24.5 Å². The van der Waals surface area contributed by atoms with Crippen LogP contribution in [0.25, 0.3) is 5.52 Å². The largest absolute Gasteiger partial charge is 0.303 e. The van der Waals surface area contributed by atoms with Gasteiger partial charge >= 0.3 is 0 Å². The Hall–Kier alpha value is -1.68. The quantitative estimate of drug-likeness (QED) is 0.802. The number of hydrogen-bond acceptors (Lipinski definition) is 3. The van der Waals surface area contributed by atoms with Gasteiger partial charge in [-0.25, -0.2) is 4.98 Å². The molecule has 0 aliphatic carbocycles. The summed E-state index contributed by atoms with van der Waals surface area (Å²) in [4.78, 5) is 18.0. The maximum Gasteiger partial charge on any atom is 0.151 e. The smallest absolute Gasteiger partial charge is 0.151 e. The zero-order valence-corrected chi connectivity index (χ0v) is 12.1. The van der Waals surface area contributed by atoms with Crippen LogP contribution in [0.3, 0.4) is 0 Å². The molecule has 106 valence electrons. The molecule has 0 bridgehead atoms. The molecule has 2 aromatic rings. The average molecular weight is 271 g/mol. The van der Waals surface area contributed by atoms with Gasteiger partial charge in [0.2, 0.25) is 0 Å². The summed E-state index contributed by atoms with van der Waals surface area (Å²) in [6.07, 6.45) is 8.12. The molecule has 2 aromatic heterocycles. The molecule has 0 amide bonds. The van der Waals surface area contributed by atoms with E-state index in [1.165, 1.54) is 19.4 Å². The minimum atomic E-state index is 0.570. The molecular weight excluding hydrogens is 250 g/mol. The van der Waals surface area contributed by atoms with Gasteiger partial charge in [0.15, 0.2) is 6.29 Å². The van der Waals surface area contributed by atoms with Gasteiger partial charge in [-0.2, -0.15) is 0 Å². The Balaban J connectivity index is 1.88. The Kier molecular flexibility index (Phi) is 3.57. The minimum absolute atomic E-state index is 0.570. The number of hydrogen-bond donors (Lipinski definition) is 0. The molecular formula is C16H21N3O. The van der Waals surface area contributed by atoms with Crippen molar-refractivity contribution in [3.05, 3.63) is 35.9 Å². The molecule has 4 heteroatoms. The van der Waals surface area contributed by atoms with E-state index in [-0.39, 0.29) is 0 Å². The topological polar surface area (TPSA) is 37.6 Å². The van der Waals surface area contributed by atoms with Crippen molar-refractivity contribution in [2.45, 2.75) is 45.2 Å². The molecule has 1 atom stereocenters. The van der Waals surface area contributed by atoms with Crippen molar-refractivity contribution in [3.63, 3.8) is 0 Å². The van der Waals surface area contributed by atoms with Crippen LogP contribution in [-0.2, 0) is 6.42 Å². The minimum Gasteiger partial charge on any atom is -0.303 e. The van der Waals surface area contributed by atoms with Crippen LogP contribution in [0.2, 0.25) is 0 Å². The monoisotopic (exact) mass is 271 g/mol. The Labute approximate surface area is 119 Å². The predicted molar refractivity (Wildman–Crippen MR) is 79.1 cm³/mol. The second-order valence-corrected chi connectivity index (χ2v) is 5.88. The van der Waals surface area contributed by atoms with Crippen molar-refractivity contribution in [3.8, 4) is 0 Å². The first kappa shape index (κ1) is 13.3. The van der Waals surface area contributed by atoms with Crippen LogP contribution in [0.4, 0.5) is 0 Å². The van der Waals surface area contributed by atoms with E-state index in [0.717, 1.165) is 24.0 Å². The first-order valence-electron chi connectivity index (χ1n) is 7.36. The fourth-order valence-electron chi connectivity index (χ4n) is 3.25. The molecule has 3 heterocycles. The van der Waals surface area contributed by atoms with Crippen molar-refractivity contribution in [2.24, 2.45) is 0 Å². The van der Waals surface area contributed by atoms with Crippen molar-refractivity contribution in [2.75, 3.05) is 6.54 Å². The van der Waals surface area contributed by atoms with Gasteiger partial charge in [-0.3, -0.25) is 9.69 Å². The highest BCUT2D eigenvalue weighted by Crippen LogP contribution is 2.23. The van der Waals surface area contributed by atoms with Gasteiger partial charge in [-0.1, -0.05) is 0 Å². The Morgan fingerprint density at radius 2 is 2.30 bits per heavy atom. The maximum absolute atomic E-state index is 10.9. The maximum atomic E-state index is 10.9. The third-order valence-electron chi connectivity index (χ3n) is 4.27. The number of carbonyl (C=O) groups excluding carboxylic acids is 1. The van der Waals surface area contributed by atoms with Crippen LogP contribution in [0.15, 0.2) is 24.5 Å². The number of aromatic nitrogens is 2. The molecule has 0 saturated carbocycles. The number of aldehydes is 1. The van der Waals surface area contributed by atoms with Gasteiger partial charge in [-0.15, -0.1) is 0 Å². The molecule has 0 aromatic carbocycles.